The summed E-state index contributed by atoms with van der Waals surface area (Å²) >= 11 is 1.62. The van der Waals surface area contributed by atoms with Gasteiger partial charge in [0.15, 0.2) is 0 Å². The first-order chi connectivity index (χ1) is 9.20. The van der Waals surface area contributed by atoms with Crippen LogP contribution in [0.25, 0.3) is 10.4 Å². The van der Waals surface area contributed by atoms with Crippen molar-refractivity contribution >= 4 is 17.3 Å². The summed E-state index contributed by atoms with van der Waals surface area (Å²) in [6.07, 6.45) is 0.225. The number of hydrogen-bond acceptors (Lipinski definition) is 4. The Hall–Kier alpha value is -1.65. The van der Waals surface area contributed by atoms with Crippen LogP contribution in [0.2, 0.25) is 0 Å². The normalized spacial score (nSPS) is 12.1. The minimum atomic E-state index is -0.290. The van der Waals surface area contributed by atoms with Crippen molar-refractivity contribution in [3.63, 3.8) is 0 Å². The lowest BCUT2D eigenvalue weighted by molar-refractivity contribution is -0.143. The van der Waals surface area contributed by atoms with Gasteiger partial charge in [-0.25, -0.2) is 0 Å². The van der Waals surface area contributed by atoms with Crippen LogP contribution in [0.3, 0.4) is 0 Å². The monoisotopic (exact) mass is 275 g/mol. The molecule has 0 aliphatic carbocycles. The van der Waals surface area contributed by atoms with Gasteiger partial charge in [-0.1, -0.05) is 30.3 Å². The molecule has 0 amide bonds. The molecule has 0 aliphatic heterocycles. The van der Waals surface area contributed by atoms with E-state index in [9.17, 15) is 4.79 Å². The Labute approximate surface area is 117 Å². The second kappa shape index (κ2) is 6.50. The van der Waals surface area contributed by atoms with Crippen molar-refractivity contribution in [2.24, 2.45) is 5.73 Å². The van der Waals surface area contributed by atoms with Gasteiger partial charge in [-0.05, 0) is 24.6 Å². The van der Waals surface area contributed by atoms with E-state index in [1.54, 1.807) is 18.3 Å². The molecule has 0 saturated heterocycles. The molecule has 3 nitrogen and oxygen atoms in total. The third kappa shape index (κ3) is 3.66. The number of carbonyl (C=O) groups is 1. The van der Waals surface area contributed by atoms with Gasteiger partial charge in [-0.2, -0.15) is 0 Å². The summed E-state index contributed by atoms with van der Waals surface area (Å²) in [6, 6.07) is 13.9. The second-order valence-corrected chi connectivity index (χ2v) is 5.30. The maximum Gasteiger partial charge on any atom is 0.307 e. The number of nitrogens with two attached hydrogens (primary N) is 1. The third-order valence-corrected chi connectivity index (χ3v) is 4.01. The van der Waals surface area contributed by atoms with Gasteiger partial charge in [0.1, 0.15) is 0 Å². The van der Waals surface area contributed by atoms with Gasteiger partial charge in [-0.3, -0.25) is 4.79 Å². The summed E-state index contributed by atoms with van der Waals surface area (Å²) in [5.41, 5.74) is 7.20. The zero-order valence-corrected chi connectivity index (χ0v) is 11.7. The molecule has 19 heavy (non-hydrogen) atoms. The Bertz CT molecular complexity index is 536. The third-order valence-electron chi connectivity index (χ3n) is 2.74. The van der Waals surface area contributed by atoms with Crippen LogP contribution < -0.4 is 5.73 Å². The topological polar surface area (TPSA) is 52.3 Å². The van der Waals surface area contributed by atoms with Crippen LogP contribution in [0.1, 0.15) is 24.3 Å². The van der Waals surface area contributed by atoms with Crippen LogP contribution in [0.15, 0.2) is 42.5 Å². The predicted octanol–water partition coefficient (Wildman–Crippen LogP) is 3.37. The fourth-order valence-electron chi connectivity index (χ4n) is 1.81. The molecule has 0 fully saturated rings. The van der Waals surface area contributed by atoms with E-state index in [1.165, 1.54) is 5.56 Å². The van der Waals surface area contributed by atoms with E-state index in [1.807, 2.05) is 30.3 Å². The molecule has 0 unspecified atom stereocenters. The highest BCUT2D eigenvalue weighted by atomic mass is 32.1. The smallest absolute Gasteiger partial charge is 0.307 e. The maximum atomic E-state index is 11.4. The van der Waals surface area contributed by atoms with Gasteiger partial charge in [0.2, 0.25) is 0 Å². The molecule has 2 rings (SSSR count). The van der Waals surface area contributed by atoms with Crippen molar-refractivity contribution in [1.29, 1.82) is 0 Å². The molecule has 0 radical (unpaired) electrons. The van der Waals surface area contributed by atoms with E-state index < -0.39 is 0 Å². The molecular formula is C15H17NO2S. The molecule has 100 valence electrons. The Morgan fingerprint density at radius 2 is 2.00 bits per heavy atom. The SMILES string of the molecule is CCOC(=O)C[C@H](N)c1ccc(-c2ccccc2)s1. The van der Waals surface area contributed by atoms with Gasteiger partial charge in [0, 0.05) is 15.8 Å². The minimum absolute atomic E-state index is 0.225. The Morgan fingerprint density at radius 1 is 1.26 bits per heavy atom. The van der Waals surface area contributed by atoms with Crippen LogP contribution in [0, 0.1) is 0 Å². The summed E-state index contributed by atoms with van der Waals surface area (Å²) in [5.74, 6) is -0.246. The molecule has 1 aromatic heterocycles. The number of benzene rings is 1. The van der Waals surface area contributed by atoms with Crippen molar-refractivity contribution in [2.45, 2.75) is 19.4 Å². The van der Waals surface area contributed by atoms with E-state index in [4.69, 9.17) is 10.5 Å². The van der Waals surface area contributed by atoms with Crippen LogP contribution in [0.5, 0.6) is 0 Å². The summed E-state index contributed by atoms with van der Waals surface area (Å²) in [6.45, 7) is 2.19. The fourth-order valence-corrected chi connectivity index (χ4v) is 2.82. The van der Waals surface area contributed by atoms with Crippen LogP contribution in [-0.2, 0) is 9.53 Å². The molecule has 1 heterocycles. The molecule has 0 spiro atoms. The molecule has 2 N–H and O–H groups in total. The summed E-state index contributed by atoms with van der Waals surface area (Å²) in [5, 5.41) is 0. The zero-order valence-electron chi connectivity index (χ0n) is 10.8. The second-order valence-electron chi connectivity index (χ2n) is 4.18. The van der Waals surface area contributed by atoms with Crippen molar-refractivity contribution < 1.29 is 9.53 Å². The molecule has 0 saturated carbocycles. The van der Waals surface area contributed by atoms with Gasteiger partial charge in [0.25, 0.3) is 0 Å². The van der Waals surface area contributed by atoms with E-state index >= 15 is 0 Å². The first-order valence-electron chi connectivity index (χ1n) is 6.27. The number of hydrogen-bond donors (Lipinski definition) is 1. The lowest BCUT2D eigenvalue weighted by Crippen LogP contribution is -2.16. The molecular weight excluding hydrogens is 258 g/mol. The lowest BCUT2D eigenvalue weighted by atomic mass is 10.1. The van der Waals surface area contributed by atoms with E-state index in [-0.39, 0.29) is 18.4 Å². The van der Waals surface area contributed by atoms with Crippen LogP contribution >= 0.6 is 11.3 Å². The molecule has 2 aromatic rings. The first-order valence-corrected chi connectivity index (χ1v) is 7.08. The lowest BCUT2D eigenvalue weighted by Gasteiger charge is -2.08. The highest BCUT2D eigenvalue weighted by molar-refractivity contribution is 7.15. The van der Waals surface area contributed by atoms with Crippen LogP contribution in [-0.4, -0.2) is 12.6 Å². The molecule has 4 heteroatoms. The first kappa shape index (κ1) is 13.8. The number of ether oxygens (including phenoxy) is 1. The predicted molar refractivity (Wildman–Crippen MR) is 77.9 cm³/mol. The highest BCUT2D eigenvalue weighted by Gasteiger charge is 2.14. The largest absolute Gasteiger partial charge is 0.466 e. The van der Waals surface area contributed by atoms with Gasteiger partial charge >= 0.3 is 5.97 Å². The number of esters is 1. The van der Waals surface area contributed by atoms with E-state index in [2.05, 4.69) is 12.1 Å². The fraction of sp³-hybridized carbons (Fsp3) is 0.267. The molecule has 0 bridgehead atoms. The Balaban J connectivity index is 2.07. The zero-order chi connectivity index (χ0) is 13.7. The van der Waals surface area contributed by atoms with E-state index in [0.29, 0.717) is 6.61 Å². The van der Waals surface area contributed by atoms with Crippen molar-refractivity contribution in [2.75, 3.05) is 6.61 Å². The van der Waals surface area contributed by atoms with Gasteiger partial charge in [0.05, 0.1) is 13.0 Å². The van der Waals surface area contributed by atoms with Crippen molar-refractivity contribution in [3.05, 3.63) is 47.3 Å². The molecule has 1 aromatic carbocycles. The van der Waals surface area contributed by atoms with Crippen molar-refractivity contribution in [1.82, 2.24) is 0 Å². The number of carbonyl (C=O) groups excluding carboxylic acids is 1. The Morgan fingerprint density at radius 3 is 2.68 bits per heavy atom. The van der Waals surface area contributed by atoms with Crippen molar-refractivity contribution in [3.8, 4) is 10.4 Å². The standard InChI is InChI=1S/C15H17NO2S/c1-2-18-15(17)10-12(16)14-9-8-13(19-14)11-6-4-3-5-7-11/h3-9,12H,2,10,16H2,1H3/t12-/m0/s1. The summed E-state index contributed by atoms with van der Waals surface area (Å²) in [4.78, 5) is 13.6. The Kier molecular flexibility index (Phi) is 4.71. The summed E-state index contributed by atoms with van der Waals surface area (Å²) < 4.78 is 4.91. The van der Waals surface area contributed by atoms with Gasteiger partial charge < -0.3 is 10.5 Å². The average molecular weight is 275 g/mol. The number of thiophene rings is 1. The maximum absolute atomic E-state index is 11.4. The minimum Gasteiger partial charge on any atom is -0.466 e. The highest BCUT2D eigenvalue weighted by Crippen LogP contribution is 2.31. The average Bonchev–Trinajstić information content (AvgIpc) is 2.89. The quantitative estimate of drug-likeness (QED) is 0.851. The van der Waals surface area contributed by atoms with Crippen LogP contribution in [0.4, 0.5) is 0 Å². The summed E-state index contributed by atoms with van der Waals surface area (Å²) in [7, 11) is 0. The van der Waals surface area contributed by atoms with E-state index in [0.717, 1.165) is 9.75 Å². The van der Waals surface area contributed by atoms with Gasteiger partial charge in [-0.15, -0.1) is 11.3 Å². The number of rotatable bonds is 5. The molecule has 1 atom stereocenters. The molecule has 0 aliphatic rings.